The number of anilines is 1. The van der Waals surface area contributed by atoms with Crippen molar-refractivity contribution in [2.45, 2.75) is 20.0 Å². The molecule has 22 heavy (non-hydrogen) atoms. The number of nitrogens with one attached hydrogen (secondary N) is 1. The van der Waals surface area contributed by atoms with Crippen molar-refractivity contribution in [2.75, 3.05) is 5.32 Å². The SMILES string of the molecule is Cc1ccc(/C=N\O[C@@H](C)C(=O)Nc2ccc(Cl)cc2)cc1. The molecule has 0 unspecified atom stereocenters. The Bertz CT molecular complexity index is 651. The van der Waals surface area contributed by atoms with Gasteiger partial charge in [0, 0.05) is 10.7 Å². The largest absolute Gasteiger partial charge is 0.383 e. The molecule has 0 fully saturated rings. The number of carbonyl (C=O) groups is 1. The number of hydrogen-bond donors (Lipinski definition) is 1. The zero-order valence-electron chi connectivity index (χ0n) is 12.4. The van der Waals surface area contributed by atoms with E-state index in [1.807, 2.05) is 31.2 Å². The highest BCUT2D eigenvalue weighted by Gasteiger charge is 2.13. The van der Waals surface area contributed by atoms with Crippen molar-refractivity contribution in [1.29, 1.82) is 0 Å². The van der Waals surface area contributed by atoms with Gasteiger partial charge in [0.15, 0.2) is 0 Å². The van der Waals surface area contributed by atoms with Crippen molar-refractivity contribution < 1.29 is 9.63 Å². The predicted molar refractivity (Wildman–Crippen MR) is 89.4 cm³/mol. The normalized spacial score (nSPS) is 12.1. The average molecular weight is 317 g/mol. The quantitative estimate of drug-likeness (QED) is 0.669. The Labute approximate surface area is 134 Å². The van der Waals surface area contributed by atoms with Crippen molar-refractivity contribution in [3.63, 3.8) is 0 Å². The van der Waals surface area contributed by atoms with Crippen molar-refractivity contribution >= 4 is 29.4 Å². The Kier molecular flexibility index (Phi) is 5.55. The number of oxime groups is 1. The van der Waals surface area contributed by atoms with Gasteiger partial charge in [-0.15, -0.1) is 0 Å². The second-order valence-corrected chi connectivity index (χ2v) is 5.33. The van der Waals surface area contributed by atoms with E-state index >= 15 is 0 Å². The van der Waals surface area contributed by atoms with Crippen LogP contribution in [0.15, 0.2) is 53.7 Å². The van der Waals surface area contributed by atoms with E-state index in [1.54, 1.807) is 37.4 Å². The van der Waals surface area contributed by atoms with Gasteiger partial charge < -0.3 is 10.2 Å². The minimum Gasteiger partial charge on any atom is -0.383 e. The Morgan fingerprint density at radius 3 is 2.45 bits per heavy atom. The van der Waals surface area contributed by atoms with Gasteiger partial charge in [-0.1, -0.05) is 46.6 Å². The molecule has 0 saturated carbocycles. The fourth-order valence-electron chi connectivity index (χ4n) is 1.66. The summed E-state index contributed by atoms with van der Waals surface area (Å²) in [5.74, 6) is -0.275. The van der Waals surface area contributed by atoms with E-state index < -0.39 is 6.10 Å². The van der Waals surface area contributed by atoms with E-state index in [1.165, 1.54) is 5.56 Å². The molecule has 2 rings (SSSR count). The summed E-state index contributed by atoms with van der Waals surface area (Å²) in [7, 11) is 0. The second kappa shape index (κ2) is 7.61. The van der Waals surface area contributed by atoms with E-state index in [9.17, 15) is 4.79 Å². The molecule has 114 valence electrons. The zero-order chi connectivity index (χ0) is 15.9. The number of aryl methyl sites for hydroxylation is 1. The first kappa shape index (κ1) is 16.0. The smallest absolute Gasteiger partial charge is 0.267 e. The molecule has 2 aromatic carbocycles. The standard InChI is InChI=1S/C17H17ClN2O2/c1-12-3-5-14(6-4-12)11-19-22-13(2)17(21)20-16-9-7-15(18)8-10-16/h3-11,13H,1-2H3,(H,20,21)/b19-11-/t13-/m0/s1. The summed E-state index contributed by atoms with van der Waals surface area (Å²) in [6.07, 6.45) is 0.878. The van der Waals surface area contributed by atoms with Gasteiger partial charge in [-0.2, -0.15) is 0 Å². The Morgan fingerprint density at radius 1 is 1.18 bits per heavy atom. The molecule has 0 spiro atoms. The van der Waals surface area contributed by atoms with Crippen LogP contribution in [-0.2, 0) is 9.63 Å². The van der Waals surface area contributed by atoms with E-state index in [-0.39, 0.29) is 5.91 Å². The maximum absolute atomic E-state index is 11.9. The maximum Gasteiger partial charge on any atom is 0.267 e. The van der Waals surface area contributed by atoms with Crippen LogP contribution < -0.4 is 5.32 Å². The second-order valence-electron chi connectivity index (χ2n) is 4.89. The lowest BCUT2D eigenvalue weighted by atomic mass is 10.2. The van der Waals surface area contributed by atoms with Crippen LogP contribution in [0.25, 0.3) is 0 Å². The molecule has 1 atom stereocenters. The van der Waals surface area contributed by atoms with Gasteiger partial charge in [-0.05, 0) is 43.7 Å². The highest BCUT2D eigenvalue weighted by molar-refractivity contribution is 6.30. The van der Waals surface area contributed by atoms with Crippen molar-refractivity contribution in [1.82, 2.24) is 0 Å². The summed E-state index contributed by atoms with van der Waals surface area (Å²) >= 11 is 5.79. The number of benzene rings is 2. The molecule has 2 aromatic rings. The molecular formula is C17H17ClN2O2. The van der Waals surface area contributed by atoms with E-state index in [0.717, 1.165) is 5.56 Å². The minimum absolute atomic E-state index is 0.275. The van der Waals surface area contributed by atoms with E-state index in [0.29, 0.717) is 10.7 Å². The van der Waals surface area contributed by atoms with Crippen molar-refractivity contribution in [3.05, 3.63) is 64.7 Å². The first-order chi connectivity index (χ1) is 10.5. The Morgan fingerprint density at radius 2 is 1.82 bits per heavy atom. The van der Waals surface area contributed by atoms with Crippen LogP contribution in [0.5, 0.6) is 0 Å². The van der Waals surface area contributed by atoms with Gasteiger partial charge in [-0.3, -0.25) is 4.79 Å². The number of carbonyl (C=O) groups excluding carboxylic acids is 1. The molecule has 0 radical (unpaired) electrons. The van der Waals surface area contributed by atoms with Crippen LogP contribution in [0.1, 0.15) is 18.1 Å². The molecule has 1 amide bonds. The number of rotatable bonds is 5. The maximum atomic E-state index is 11.9. The summed E-state index contributed by atoms with van der Waals surface area (Å²) in [5, 5.41) is 7.19. The van der Waals surface area contributed by atoms with E-state index in [2.05, 4.69) is 10.5 Å². The summed E-state index contributed by atoms with van der Waals surface area (Å²) in [4.78, 5) is 17.1. The molecule has 0 saturated heterocycles. The summed E-state index contributed by atoms with van der Waals surface area (Å²) < 4.78 is 0. The first-order valence-corrected chi connectivity index (χ1v) is 7.24. The van der Waals surface area contributed by atoms with Crippen LogP contribution in [0, 0.1) is 6.92 Å². The topological polar surface area (TPSA) is 50.7 Å². The van der Waals surface area contributed by atoms with Gasteiger partial charge in [0.05, 0.1) is 6.21 Å². The number of nitrogens with zero attached hydrogens (tertiary/aromatic N) is 1. The van der Waals surface area contributed by atoms with Gasteiger partial charge in [0.2, 0.25) is 6.10 Å². The first-order valence-electron chi connectivity index (χ1n) is 6.87. The van der Waals surface area contributed by atoms with Gasteiger partial charge in [0.25, 0.3) is 5.91 Å². The zero-order valence-corrected chi connectivity index (χ0v) is 13.2. The van der Waals surface area contributed by atoms with Crippen LogP contribution in [0.3, 0.4) is 0 Å². The van der Waals surface area contributed by atoms with Gasteiger partial charge >= 0.3 is 0 Å². The Balaban J connectivity index is 1.85. The third-order valence-electron chi connectivity index (χ3n) is 2.98. The predicted octanol–water partition coefficient (Wildman–Crippen LogP) is 4.03. The average Bonchev–Trinajstić information content (AvgIpc) is 2.51. The molecule has 1 N–H and O–H groups in total. The van der Waals surface area contributed by atoms with E-state index in [4.69, 9.17) is 16.4 Å². The molecule has 0 aliphatic rings. The van der Waals surface area contributed by atoms with Crippen LogP contribution >= 0.6 is 11.6 Å². The number of amides is 1. The van der Waals surface area contributed by atoms with Crippen molar-refractivity contribution in [3.8, 4) is 0 Å². The highest BCUT2D eigenvalue weighted by atomic mass is 35.5. The number of hydrogen-bond acceptors (Lipinski definition) is 3. The third kappa shape index (κ3) is 4.90. The summed E-state index contributed by atoms with van der Waals surface area (Å²) in [6, 6.07) is 14.7. The van der Waals surface area contributed by atoms with Crippen molar-refractivity contribution in [2.24, 2.45) is 5.16 Å². The van der Waals surface area contributed by atoms with Gasteiger partial charge in [0.1, 0.15) is 0 Å². The lowest BCUT2D eigenvalue weighted by molar-refractivity contribution is -0.126. The van der Waals surface area contributed by atoms with Gasteiger partial charge in [-0.25, -0.2) is 0 Å². The summed E-state index contributed by atoms with van der Waals surface area (Å²) in [5.41, 5.74) is 2.75. The molecule has 0 aliphatic carbocycles. The molecule has 5 heteroatoms. The minimum atomic E-state index is -0.697. The lowest BCUT2D eigenvalue weighted by Gasteiger charge is -2.10. The van der Waals surface area contributed by atoms with Crippen LogP contribution in [-0.4, -0.2) is 18.2 Å². The molecular weight excluding hydrogens is 300 g/mol. The molecule has 0 aromatic heterocycles. The fraction of sp³-hybridized carbons (Fsp3) is 0.176. The van der Waals surface area contributed by atoms with Crippen LogP contribution in [0.4, 0.5) is 5.69 Å². The monoisotopic (exact) mass is 316 g/mol. The summed E-state index contributed by atoms with van der Waals surface area (Å²) in [6.45, 7) is 3.65. The Hall–Kier alpha value is -2.33. The van der Waals surface area contributed by atoms with Crippen LogP contribution in [0.2, 0.25) is 5.02 Å². The lowest BCUT2D eigenvalue weighted by Crippen LogP contribution is -2.26. The highest BCUT2D eigenvalue weighted by Crippen LogP contribution is 2.13. The molecule has 0 bridgehead atoms. The number of halogens is 1. The molecule has 0 heterocycles. The molecule has 4 nitrogen and oxygen atoms in total. The third-order valence-corrected chi connectivity index (χ3v) is 3.23. The fourth-order valence-corrected chi connectivity index (χ4v) is 1.79. The molecule has 0 aliphatic heterocycles.